The van der Waals surface area contributed by atoms with Crippen molar-refractivity contribution < 1.29 is 0 Å². The van der Waals surface area contributed by atoms with Crippen LogP contribution in [0.15, 0.2) is 65.1 Å². The molecule has 0 atom stereocenters. The van der Waals surface area contributed by atoms with Gasteiger partial charge in [-0.1, -0.05) is 61.9 Å². The normalized spacial score (nSPS) is 12.6. The third-order valence-corrected chi connectivity index (χ3v) is 5.19. The van der Waals surface area contributed by atoms with Gasteiger partial charge in [0.2, 0.25) is 0 Å². The fourth-order valence-electron chi connectivity index (χ4n) is 2.95. The number of rotatable bonds is 8. The van der Waals surface area contributed by atoms with E-state index in [0.29, 0.717) is 0 Å². The van der Waals surface area contributed by atoms with E-state index in [-0.39, 0.29) is 0 Å². The van der Waals surface area contributed by atoms with Crippen molar-refractivity contribution in [2.75, 3.05) is 26.4 Å². The van der Waals surface area contributed by atoms with Gasteiger partial charge in [-0.05, 0) is 67.9 Å². The lowest BCUT2D eigenvalue weighted by Gasteiger charge is -2.17. The van der Waals surface area contributed by atoms with E-state index in [0.717, 1.165) is 12.5 Å². The molecule has 0 heterocycles. The molecule has 0 aromatic heterocycles. The number of hydrogen-bond acceptors (Lipinski definition) is 2. The predicted octanol–water partition coefficient (Wildman–Crippen LogP) is 6.21. The number of likely N-dealkylation sites (N-methyl/N-ethyl adjacent to an activating group) is 1. The summed E-state index contributed by atoms with van der Waals surface area (Å²) in [5, 5.41) is 0. The highest BCUT2D eigenvalue weighted by atomic mass is 32.2. The fraction of sp³-hybridized carbons (Fsp3) is 0.391. The van der Waals surface area contributed by atoms with Gasteiger partial charge in [0, 0.05) is 11.4 Å². The Bertz CT molecular complexity index is 669. The van der Waals surface area contributed by atoms with Crippen LogP contribution in [0, 0.1) is 5.92 Å². The van der Waals surface area contributed by atoms with E-state index in [2.05, 4.69) is 94.4 Å². The standard InChI is InChI=1S/C23H31NS/c1-18(2)15-16-25-22-13-11-21(12-14-22)23(19(3)17-24(4)5)20-9-7-6-8-10-20/h6-14,18H,15-17H2,1-5H3. The van der Waals surface area contributed by atoms with Crippen molar-refractivity contribution in [1.29, 1.82) is 0 Å². The van der Waals surface area contributed by atoms with Crippen LogP contribution >= 0.6 is 11.8 Å². The molecule has 0 bridgehead atoms. The number of nitrogens with zero attached hydrogens (tertiary/aromatic N) is 1. The minimum absolute atomic E-state index is 0.771. The average molecular weight is 354 g/mol. The van der Waals surface area contributed by atoms with Gasteiger partial charge in [0.15, 0.2) is 0 Å². The molecule has 0 N–H and O–H groups in total. The molecule has 2 aromatic rings. The number of thioether (sulfide) groups is 1. The lowest BCUT2D eigenvalue weighted by Crippen LogP contribution is -2.15. The second-order valence-corrected chi connectivity index (χ2v) is 8.48. The first-order valence-electron chi connectivity index (χ1n) is 9.10. The van der Waals surface area contributed by atoms with Gasteiger partial charge >= 0.3 is 0 Å². The molecule has 134 valence electrons. The lowest BCUT2D eigenvalue weighted by atomic mass is 9.93. The monoisotopic (exact) mass is 353 g/mol. The first kappa shape index (κ1) is 19.8. The molecule has 1 nitrogen and oxygen atoms in total. The quantitative estimate of drug-likeness (QED) is 0.519. The SMILES string of the molecule is CC(CN(C)C)=C(c1ccccc1)c1ccc(SCCC(C)C)cc1. The molecule has 0 unspecified atom stereocenters. The molecule has 2 aromatic carbocycles. The molecule has 0 aliphatic heterocycles. The van der Waals surface area contributed by atoms with Crippen LogP contribution < -0.4 is 0 Å². The average Bonchev–Trinajstić information content (AvgIpc) is 2.56. The van der Waals surface area contributed by atoms with E-state index in [9.17, 15) is 0 Å². The van der Waals surface area contributed by atoms with Gasteiger partial charge in [0.1, 0.15) is 0 Å². The highest BCUT2D eigenvalue weighted by Gasteiger charge is 2.10. The molecule has 0 aliphatic carbocycles. The van der Waals surface area contributed by atoms with E-state index in [4.69, 9.17) is 0 Å². The Labute approximate surface area is 158 Å². The Balaban J connectivity index is 2.26. The molecular weight excluding hydrogens is 322 g/mol. The van der Waals surface area contributed by atoms with Crippen molar-refractivity contribution in [2.45, 2.75) is 32.1 Å². The van der Waals surface area contributed by atoms with Crippen LogP contribution in [-0.4, -0.2) is 31.3 Å². The van der Waals surface area contributed by atoms with Gasteiger partial charge in [-0.2, -0.15) is 0 Å². The van der Waals surface area contributed by atoms with Crippen molar-refractivity contribution in [3.05, 3.63) is 71.3 Å². The summed E-state index contributed by atoms with van der Waals surface area (Å²) < 4.78 is 0. The molecule has 25 heavy (non-hydrogen) atoms. The van der Waals surface area contributed by atoms with E-state index in [1.165, 1.54) is 39.3 Å². The van der Waals surface area contributed by atoms with Gasteiger partial charge in [-0.25, -0.2) is 0 Å². The van der Waals surface area contributed by atoms with Gasteiger partial charge in [-0.3, -0.25) is 0 Å². The van der Waals surface area contributed by atoms with Gasteiger partial charge in [0.05, 0.1) is 0 Å². The van der Waals surface area contributed by atoms with Crippen molar-refractivity contribution in [1.82, 2.24) is 4.90 Å². The Morgan fingerprint density at radius 2 is 1.52 bits per heavy atom. The van der Waals surface area contributed by atoms with E-state index in [1.807, 2.05) is 11.8 Å². The van der Waals surface area contributed by atoms with Crippen LogP contribution in [0.4, 0.5) is 0 Å². The lowest BCUT2D eigenvalue weighted by molar-refractivity contribution is 0.446. The molecule has 0 aliphatic rings. The highest BCUT2D eigenvalue weighted by Crippen LogP contribution is 2.29. The maximum absolute atomic E-state index is 2.29. The van der Waals surface area contributed by atoms with Gasteiger partial charge in [-0.15, -0.1) is 11.8 Å². The molecule has 0 radical (unpaired) electrons. The van der Waals surface area contributed by atoms with E-state index < -0.39 is 0 Å². The highest BCUT2D eigenvalue weighted by molar-refractivity contribution is 7.99. The van der Waals surface area contributed by atoms with Gasteiger partial charge < -0.3 is 4.90 Å². The maximum Gasteiger partial charge on any atom is 0.0193 e. The Hall–Kier alpha value is -1.51. The van der Waals surface area contributed by atoms with Crippen molar-refractivity contribution in [2.24, 2.45) is 5.92 Å². The molecular formula is C23H31NS. The second-order valence-electron chi connectivity index (χ2n) is 7.31. The smallest absolute Gasteiger partial charge is 0.0193 e. The molecule has 0 saturated carbocycles. The van der Waals surface area contributed by atoms with E-state index in [1.54, 1.807) is 0 Å². The van der Waals surface area contributed by atoms with E-state index >= 15 is 0 Å². The Kier molecular flexibility index (Phi) is 7.80. The topological polar surface area (TPSA) is 3.24 Å². The van der Waals surface area contributed by atoms with Crippen LogP contribution in [-0.2, 0) is 0 Å². The third kappa shape index (κ3) is 6.37. The zero-order chi connectivity index (χ0) is 18.2. The summed E-state index contributed by atoms with van der Waals surface area (Å²) >= 11 is 1.96. The van der Waals surface area contributed by atoms with Crippen molar-refractivity contribution in [3.8, 4) is 0 Å². The van der Waals surface area contributed by atoms with Crippen LogP contribution in [0.1, 0.15) is 38.3 Å². The summed E-state index contributed by atoms with van der Waals surface area (Å²) in [4.78, 5) is 3.59. The molecule has 0 fully saturated rings. The largest absolute Gasteiger partial charge is 0.305 e. The van der Waals surface area contributed by atoms with Crippen molar-refractivity contribution in [3.63, 3.8) is 0 Å². The summed E-state index contributed by atoms with van der Waals surface area (Å²) in [5.74, 6) is 1.96. The first-order chi connectivity index (χ1) is 12.0. The summed E-state index contributed by atoms with van der Waals surface area (Å²) in [6, 6.07) is 19.8. The summed E-state index contributed by atoms with van der Waals surface area (Å²) in [7, 11) is 4.25. The zero-order valence-electron chi connectivity index (χ0n) is 16.3. The summed E-state index contributed by atoms with van der Waals surface area (Å²) in [6.45, 7) is 7.78. The van der Waals surface area contributed by atoms with Crippen LogP contribution in [0.25, 0.3) is 5.57 Å². The molecule has 2 rings (SSSR count). The van der Waals surface area contributed by atoms with Crippen LogP contribution in [0.3, 0.4) is 0 Å². The fourth-order valence-corrected chi connectivity index (χ4v) is 4.10. The molecule has 0 saturated heterocycles. The summed E-state index contributed by atoms with van der Waals surface area (Å²) in [5.41, 5.74) is 5.35. The predicted molar refractivity (Wildman–Crippen MR) is 113 cm³/mol. The summed E-state index contributed by atoms with van der Waals surface area (Å²) in [6.07, 6.45) is 1.27. The Morgan fingerprint density at radius 3 is 2.08 bits per heavy atom. The van der Waals surface area contributed by atoms with Crippen molar-refractivity contribution >= 4 is 17.3 Å². The van der Waals surface area contributed by atoms with Crippen LogP contribution in [0.5, 0.6) is 0 Å². The Morgan fingerprint density at radius 1 is 0.920 bits per heavy atom. The number of hydrogen-bond donors (Lipinski definition) is 0. The number of benzene rings is 2. The van der Waals surface area contributed by atoms with Crippen LogP contribution in [0.2, 0.25) is 0 Å². The maximum atomic E-state index is 2.29. The minimum Gasteiger partial charge on any atom is -0.305 e. The first-order valence-corrected chi connectivity index (χ1v) is 10.1. The molecule has 2 heteroatoms. The minimum atomic E-state index is 0.771. The molecule has 0 amide bonds. The zero-order valence-corrected chi connectivity index (χ0v) is 17.1. The second kappa shape index (κ2) is 9.84. The third-order valence-electron chi connectivity index (χ3n) is 4.15. The molecule has 0 spiro atoms. The van der Waals surface area contributed by atoms with Gasteiger partial charge in [0.25, 0.3) is 0 Å².